The summed E-state index contributed by atoms with van der Waals surface area (Å²) in [5.74, 6) is -3.98. The van der Waals surface area contributed by atoms with Crippen molar-refractivity contribution in [2.75, 3.05) is 31.1 Å². The molecule has 1 saturated carbocycles. The van der Waals surface area contributed by atoms with Gasteiger partial charge in [0.25, 0.3) is 0 Å². The smallest absolute Gasteiger partial charge is 0.414 e. The van der Waals surface area contributed by atoms with Gasteiger partial charge in [0, 0.05) is 43.0 Å². The van der Waals surface area contributed by atoms with Crippen LogP contribution in [0, 0.1) is 40.6 Å². The van der Waals surface area contributed by atoms with Gasteiger partial charge in [0.15, 0.2) is 0 Å². The molecule has 3 fully saturated rings. The molecule has 9 nitrogen and oxygen atoms in total. The fourth-order valence-corrected chi connectivity index (χ4v) is 5.82. The molecule has 3 aliphatic rings. The van der Waals surface area contributed by atoms with E-state index in [1.165, 1.54) is 28.9 Å². The number of hydrogen-bond acceptors (Lipinski definition) is 6. The van der Waals surface area contributed by atoms with Crippen molar-refractivity contribution in [1.29, 1.82) is 5.26 Å². The molecule has 2 aromatic carbocycles. The average molecular weight is 571 g/mol. The predicted molar refractivity (Wildman–Crippen MR) is 140 cm³/mol. The number of ether oxygens (including phenoxy) is 2. The lowest BCUT2D eigenvalue weighted by Crippen LogP contribution is -2.39. The molecule has 3 amide bonds. The number of amides is 3. The quantitative estimate of drug-likeness (QED) is 0.567. The summed E-state index contributed by atoms with van der Waals surface area (Å²) >= 11 is 0. The van der Waals surface area contributed by atoms with Gasteiger partial charge in [-0.05, 0) is 56.7 Å². The Kier molecular flexibility index (Phi) is 6.88. The molecule has 2 aliphatic heterocycles. The lowest BCUT2D eigenvalue weighted by atomic mass is 9.88. The molecule has 0 aromatic heterocycles. The number of piperidine rings is 1. The van der Waals surface area contributed by atoms with Gasteiger partial charge in [-0.15, -0.1) is 0 Å². The van der Waals surface area contributed by atoms with Crippen LogP contribution in [-0.4, -0.2) is 60.9 Å². The minimum Gasteiger partial charge on any atom is -0.444 e. The summed E-state index contributed by atoms with van der Waals surface area (Å²) in [5, 5.41) is 12.6. The number of fused-ring (bicyclic) bond motifs is 1. The van der Waals surface area contributed by atoms with Gasteiger partial charge in [0.1, 0.15) is 29.2 Å². The van der Waals surface area contributed by atoms with Crippen molar-refractivity contribution in [3.63, 3.8) is 0 Å². The highest BCUT2D eigenvalue weighted by Crippen LogP contribution is 2.64. The maximum atomic E-state index is 15.5. The molecule has 41 heavy (non-hydrogen) atoms. The molecule has 12 heteroatoms. The first kappa shape index (κ1) is 28.3. The van der Waals surface area contributed by atoms with Gasteiger partial charge in [-0.1, -0.05) is 0 Å². The van der Waals surface area contributed by atoms with E-state index in [0.717, 1.165) is 18.2 Å². The van der Waals surface area contributed by atoms with Crippen LogP contribution >= 0.6 is 0 Å². The number of halogens is 3. The minimum atomic E-state index is -1.43. The third kappa shape index (κ3) is 5.05. The highest BCUT2D eigenvalue weighted by Gasteiger charge is 2.72. The van der Waals surface area contributed by atoms with E-state index in [1.54, 1.807) is 20.8 Å². The number of hydrogen-bond donors (Lipinski definition) is 1. The Balaban J connectivity index is 1.34. The second-order valence-corrected chi connectivity index (χ2v) is 11.6. The highest BCUT2D eigenvalue weighted by molar-refractivity contribution is 5.90. The first-order valence-corrected chi connectivity index (χ1v) is 13.2. The molecule has 2 heterocycles. The maximum Gasteiger partial charge on any atom is 0.414 e. The van der Waals surface area contributed by atoms with Crippen molar-refractivity contribution in [3.8, 4) is 17.2 Å². The van der Waals surface area contributed by atoms with Crippen LogP contribution in [-0.2, 0) is 19.7 Å². The lowest BCUT2D eigenvalue weighted by Gasteiger charge is -2.27. The number of cyclic esters (lactones) is 1. The number of carbonyl (C=O) groups is 3. The normalized spacial score (nSPS) is 24.9. The van der Waals surface area contributed by atoms with Gasteiger partial charge >= 0.3 is 12.2 Å². The third-order valence-electron chi connectivity index (χ3n) is 7.70. The van der Waals surface area contributed by atoms with Gasteiger partial charge in [0.05, 0.1) is 30.3 Å². The number of rotatable bonds is 5. The van der Waals surface area contributed by atoms with Crippen LogP contribution in [0.1, 0.15) is 33.3 Å². The number of likely N-dealkylation sites (tertiary alicyclic amines) is 1. The molecule has 2 saturated heterocycles. The molecule has 2 aromatic rings. The van der Waals surface area contributed by atoms with Crippen molar-refractivity contribution in [1.82, 2.24) is 10.2 Å². The largest absolute Gasteiger partial charge is 0.444 e. The first-order chi connectivity index (χ1) is 19.2. The van der Waals surface area contributed by atoms with Crippen LogP contribution in [0.15, 0.2) is 30.3 Å². The van der Waals surface area contributed by atoms with E-state index in [4.69, 9.17) is 9.47 Å². The van der Waals surface area contributed by atoms with Crippen LogP contribution < -0.4 is 10.2 Å². The Hall–Kier alpha value is -4.27. The Bertz CT molecular complexity index is 1450. The Morgan fingerprint density at radius 1 is 1.10 bits per heavy atom. The fourth-order valence-electron chi connectivity index (χ4n) is 5.82. The van der Waals surface area contributed by atoms with Crippen molar-refractivity contribution in [2.45, 2.75) is 44.8 Å². The van der Waals surface area contributed by atoms with E-state index in [-0.39, 0.29) is 54.5 Å². The van der Waals surface area contributed by atoms with E-state index in [0.29, 0.717) is 0 Å². The minimum absolute atomic E-state index is 0.0744. The zero-order valence-electron chi connectivity index (χ0n) is 23.0. The summed E-state index contributed by atoms with van der Waals surface area (Å²) < 4.78 is 56.7. The van der Waals surface area contributed by atoms with Crippen LogP contribution in [0.25, 0.3) is 11.1 Å². The SMILES string of the molecule is CC(=O)NC[C@H]1CN(c2ccc(-c3cc(F)c(C4(C#N)[C@@H]5CN(C(=O)OC(C)(C)C)C[C@@H]54)c(F)c3)c(F)c2)C(=O)O1. The molecule has 1 N–H and O–H groups in total. The summed E-state index contributed by atoms with van der Waals surface area (Å²) in [4.78, 5) is 38.4. The van der Waals surface area contributed by atoms with Gasteiger partial charge < -0.3 is 19.7 Å². The molecule has 5 rings (SSSR count). The lowest BCUT2D eigenvalue weighted by molar-refractivity contribution is -0.119. The highest BCUT2D eigenvalue weighted by atomic mass is 19.1. The van der Waals surface area contributed by atoms with Crippen LogP contribution in [0.3, 0.4) is 0 Å². The topological polar surface area (TPSA) is 112 Å². The Labute approximate surface area is 234 Å². The molecule has 1 aliphatic carbocycles. The molecule has 216 valence electrons. The van der Waals surface area contributed by atoms with E-state index < -0.39 is 58.6 Å². The molecular weight excluding hydrogens is 541 g/mol. The number of nitrogens with zero attached hydrogens (tertiary/aromatic N) is 3. The van der Waals surface area contributed by atoms with Crippen molar-refractivity contribution < 1.29 is 37.0 Å². The molecule has 0 spiro atoms. The number of nitriles is 1. The molecule has 1 unspecified atom stereocenters. The van der Waals surface area contributed by atoms with E-state index >= 15 is 13.2 Å². The van der Waals surface area contributed by atoms with Gasteiger partial charge in [-0.2, -0.15) is 5.26 Å². The predicted octanol–water partition coefficient (Wildman–Crippen LogP) is 4.49. The van der Waals surface area contributed by atoms with Crippen LogP contribution in [0.5, 0.6) is 0 Å². The number of anilines is 1. The van der Waals surface area contributed by atoms with Crippen molar-refractivity contribution >= 4 is 23.8 Å². The standard InChI is InChI=1S/C29H29F3N4O5/c1-15(37)34-10-18-11-36(27(39)40-18)17-5-6-19(22(30)9-17)16-7-23(31)25(24(32)8-16)29(14-33)20-12-35(13-21(20)29)26(38)41-28(2,3)4/h5-9,18,20-21H,10-13H2,1-4H3,(H,34,37)/t18-,20-,21+,29?/m0/s1. The Morgan fingerprint density at radius 3 is 2.27 bits per heavy atom. The number of nitrogens with one attached hydrogen (secondary N) is 1. The van der Waals surface area contributed by atoms with Gasteiger partial charge in [-0.3, -0.25) is 9.69 Å². The van der Waals surface area contributed by atoms with Gasteiger partial charge in [-0.25, -0.2) is 22.8 Å². The summed E-state index contributed by atoms with van der Waals surface area (Å²) in [5.41, 5.74) is -2.51. The molecule has 0 radical (unpaired) electrons. The number of carbonyl (C=O) groups excluding carboxylic acids is 3. The second-order valence-electron chi connectivity index (χ2n) is 11.6. The van der Waals surface area contributed by atoms with E-state index in [1.807, 2.05) is 0 Å². The zero-order valence-corrected chi connectivity index (χ0v) is 23.0. The van der Waals surface area contributed by atoms with Crippen molar-refractivity contribution in [3.05, 3.63) is 53.3 Å². The van der Waals surface area contributed by atoms with E-state index in [2.05, 4.69) is 11.4 Å². The maximum absolute atomic E-state index is 15.5. The van der Waals surface area contributed by atoms with Crippen LogP contribution in [0.2, 0.25) is 0 Å². The fraction of sp³-hybridized carbons (Fsp3) is 0.448. The molecular formula is C29H29F3N4O5. The summed E-state index contributed by atoms with van der Waals surface area (Å²) in [6.45, 7) is 6.98. The monoisotopic (exact) mass is 570 g/mol. The van der Waals surface area contributed by atoms with Crippen molar-refractivity contribution in [2.24, 2.45) is 11.8 Å². The van der Waals surface area contributed by atoms with Crippen LogP contribution in [0.4, 0.5) is 28.4 Å². The van der Waals surface area contributed by atoms with E-state index in [9.17, 15) is 19.6 Å². The summed E-state index contributed by atoms with van der Waals surface area (Å²) in [7, 11) is 0. The number of benzene rings is 2. The summed E-state index contributed by atoms with van der Waals surface area (Å²) in [6, 6.07) is 7.86. The van der Waals surface area contributed by atoms with Gasteiger partial charge in [0.2, 0.25) is 5.91 Å². The third-order valence-corrected chi connectivity index (χ3v) is 7.70. The zero-order chi connectivity index (χ0) is 29.9. The summed E-state index contributed by atoms with van der Waals surface area (Å²) in [6.07, 6.45) is -1.87. The molecule has 4 atom stereocenters. The molecule has 0 bridgehead atoms. The Morgan fingerprint density at radius 2 is 1.73 bits per heavy atom. The first-order valence-electron chi connectivity index (χ1n) is 13.2. The average Bonchev–Trinajstić information content (AvgIpc) is 3.17. The second kappa shape index (κ2) is 9.98.